The largest absolute Gasteiger partial charge is 0.365 e. The molecule has 0 atom stereocenters. The first-order valence-electron chi connectivity index (χ1n) is 8.47. The number of rotatable bonds is 4. The lowest BCUT2D eigenvalue weighted by Gasteiger charge is -2.32. The number of anilines is 1. The molecule has 2 aromatic heterocycles. The number of nitrogens with one attached hydrogen (secondary N) is 1. The van der Waals surface area contributed by atoms with Crippen LogP contribution in [0.5, 0.6) is 0 Å². The Balaban J connectivity index is 1.66. The van der Waals surface area contributed by atoms with Crippen molar-refractivity contribution in [3.8, 4) is 0 Å². The molecule has 3 aromatic rings. The van der Waals surface area contributed by atoms with Gasteiger partial charge in [0.15, 0.2) is 17.3 Å². The summed E-state index contributed by atoms with van der Waals surface area (Å²) in [4.78, 5) is 2.43. The van der Waals surface area contributed by atoms with Crippen LogP contribution < -0.4 is 5.32 Å². The van der Waals surface area contributed by atoms with E-state index in [-0.39, 0.29) is 0 Å². The molecule has 1 aliphatic heterocycles. The highest BCUT2D eigenvalue weighted by molar-refractivity contribution is 5.99. The first-order chi connectivity index (χ1) is 11.8. The van der Waals surface area contributed by atoms with Gasteiger partial charge in [0.25, 0.3) is 0 Å². The van der Waals surface area contributed by atoms with E-state index in [9.17, 15) is 0 Å². The highest BCUT2D eigenvalue weighted by Gasteiger charge is 2.20. The summed E-state index contributed by atoms with van der Waals surface area (Å²) in [5.41, 5.74) is 0.814. The molecule has 24 heavy (non-hydrogen) atoms. The molecule has 1 saturated heterocycles. The molecule has 0 aliphatic carbocycles. The van der Waals surface area contributed by atoms with E-state index < -0.39 is 0 Å². The maximum atomic E-state index is 4.76. The molecule has 4 rings (SSSR count). The average molecular weight is 322 g/mol. The van der Waals surface area contributed by atoms with Crippen molar-refractivity contribution < 1.29 is 0 Å². The minimum Gasteiger partial charge on any atom is -0.365 e. The molecule has 0 amide bonds. The number of aromatic nitrogens is 4. The van der Waals surface area contributed by atoms with Crippen LogP contribution in [0.25, 0.3) is 16.4 Å². The maximum absolute atomic E-state index is 4.76. The van der Waals surface area contributed by atoms with Crippen molar-refractivity contribution in [2.45, 2.75) is 25.8 Å². The molecular formula is C18H22N6. The van der Waals surface area contributed by atoms with Crippen LogP contribution in [0.3, 0.4) is 0 Å². The fraction of sp³-hybridized carbons (Fsp3) is 0.389. The summed E-state index contributed by atoms with van der Waals surface area (Å²) in [7, 11) is 0. The lowest BCUT2D eigenvalue weighted by atomic mass is 10.0. The number of aryl methyl sites for hydroxylation is 1. The van der Waals surface area contributed by atoms with Gasteiger partial charge in [-0.05, 0) is 19.8 Å². The molecule has 0 radical (unpaired) electrons. The second-order valence-electron chi connectivity index (χ2n) is 6.38. The topological polar surface area (TPSA) is 58.4 Å². The predicted molar refractivity (Wildman–Crippen MR) is 96.3 cm³/mol. The van der Waals surface area contributed by atoms with Crippen molar-refractivity contribution in [1.82, 2.24) is 24.7 Å². The van der Waals surface area contributed by atoms with Crippen LogP contribution in [0.15, 0.2) is 36.9 Å². The monoisotopic (exact) mass is 322 g/mol. The molecule has 0 bridgehead atoms. The van der Waals surface area contributed by atoms with Gasteiger partial charge >= 0.3 is 0 Å². The van der Waals surface area contributed by atoms with Gasteiger partial charge in [0.2, 0.25) is 0 Å². The van der Waals surface area contributed by atoms with E-state index in [1.165, 1.54) is 0 Å². The van der Waals surface area contributed by atoms with Crippen LogP contribution >= 0.6 is 0 Å². The van der Waals surface area contributed by atoms with Gasteiger partial charge in [0.05, 0.1) is 0 Å². The summed E-state index contributed by atoms with van der Waals surface area (Å²) in [6, 6.07) is 8.70. The van der Waals surface area contributed by atoms with Gasteiger partial charge in [-0.25, -0.2) is 0 Å². The minimum absolute atomic E-state index is 0.441. The van der Waals surface area contributed by atoms with Crippen LogP contribution in [0.1, 0.15) is 18.7 Å². The zero-order chi connectivity index (χ0) is 16.5. The van der Waals surface area contributed by atoms with E-state index in [1.807, 2.05) is 29.6 Å². The minimum atomic E-state index is 0.441. The number of benzene rings is 1. The Morgan fingerprint density at radius 3 is 2.71 bits per heavy atom. The number of likely N-dealkylation sites (tertiary alicyclic amines) is 1. The number of piperidine rings is 1. The summed E-state index contributed by atoms with van der Waals surface area (Å²) in [5.74, 6) is 1.72. The molecule has 1 fully saturated rings. The van der Waals surface area contributed by atoms with Crippen molar-refractivity contribution in [3.63, 3.8) is 0 Å². The molecular weight excluding hydrogens is 300 g/mol. The smallest absolute Gasteiger partial charge is 0.185 e. The van der Waals surface area contributed by atoms with E-state index in [2.05, 4.69) is 39.1 Å². The third-order valence-electron chi connectivity index (χ3n) is 4.74. The highest BCUT2D eigenvalue weighted by atomic mass is 15.4. The normalized spacial score (nSPS) is 16.7. The fourth-order valence-corrected chi connectivity index (χ4v) is 3.43. The lowest BCUT2D eigenvalue weighted by molar-refractivity contribution is 0.240. The molecule has 0 unspecified atom stereocenters. The number of hydrogen-bond acceptors (Lipinski definition) is 5. The van der Waals surface area contributed by atoms with E-state index in [0.717, 1.165) is 60.5 Å². The van der Waals surface area contributed by atoms with Crippen molar-refractivity contribution in [1.29, 1.82) is 0 Å². The van der Waals surface area contributed by atoms with Gasteiger partial charge in [0, 0.05) is 36.4 Å². The molecule has 6 heteroatoms. The SMILES string of the molecule is C=CCN1CCC(Nc2nn3c(C)nnc3c3ccccc23)CC1. The van der Waals surface area contributed by atoms with Gasteiger partial charge < -0.3 is 5.32 Å². The first-order valence-corrected chi connectivity index (χ1v) is 8.47. The quantitative estimate of drug-likeness (QED) is 0.748. The molecule has 1 aromatic carbocycles. The molecule has 0 saturated carbocycles. The summed E-state index contributed by atoms with van der Waals surface area (Å²) in [6.45, 7) is 8.91. The molecule has 1 aliphatic rings. The summed E-state index contributed by atoms with van der Waals surface area (Å²) >= 11 is 0. The summed E-state index contributed by atoms with van der Waals surface area (Å²) in [6.07, 6.45) is 4.21. The second-order valence-corrected chi connectivity index (χ2v) is 6.38. The Hall–Kier alpha value is -2.47. The fourth-order valence-electron chi connectivity index (χ4n) is 3.43. The number of fused-ring (bicyclic) bond motifs is 3. The van der Waals surface area contributed by atoms with Crippen molar-refractivity contribution in [2.75, 3.05) is 25.0 Å². The summed E-state index contributed by atoms with van der Waals surface area (Å²) < 4.78 is 1.83. The number of nitrogens with zero attached hydrogens (tertiary/aromatic N) is 5. The molecule has 124 valence electrons. The van der Waals surface area contributed by atoms with Crippen molar-refractivity contribution in [2.24, 2.45) is 0 Å². The van der Waals surface area contributed by atoms with Gasteiger partial charge in [-0.15, -0.1) is 21.9 Å². The maximum Gasteiger partial charge on any atom is 0.185 e. The molecule has 3 heterocycles. The van der Waals surface area contributed by atoms with E-state index >= 15 is 0 Å². The van der Waals surface area contributed by atoms with Gasteiger partial charge in [0.1, 0.15) is 0 Å². The van der Waals surface area contributed by atoms with Gasteiger partial charge in [-0.1, -0.05) is 30.3 Å². The standard InChI is InChI=1S/C18H22N6/c1-3-10-23-11-8-14(9-12-23)19-17-15-6-4-5-7-16(15)18-21-20-13(2)24(18)22-17/h3-7,14H,1,8-12H2,2H3,(H,19,22). The zero-order valence-corrected chi connectivity index (χ0v) is 13.9. The van der Waals surface area contributed by atoms with Crippen LogP contribution in [-0.4, -0.2) is 50.4 Å². The van der Waals surface area contributed by atoms with Crippen LogP contribution in [-0.2, 0) is 0 Å². The Morgan fingerprint density at radius 2 is 1.96 bits per heavy atom. The van der Waals surface area contributed by atoms with Gasteiger partial charge in [-0.2, -0.15) is 4.52 Å². The third-order valence-corrected chi connectivity index (χ3v) is 4.74. The first kappa shape index (κ1) is 15.1. The third kappa shape index (κ3) is 2.63. The molecule has 0 spiro atoms. The van der Waals surface area contributed by atoms with Crippen molar-refractivity contribution >= 4 is 22.2 Å². The molecule has 6 nitrogen and oxygen atoms in total. The Bertz CT molecular complexity index is 876. The highest BCUT2D eigenvalue weighted by Crippen LogP contribution is 2.26. The van der Waals surface area contributed by atoms with Crippen LogP contribution in [0.4, 0.5) is 5.82 Å². The number of hydrogen-bond donors (Lipinski definition) is 1. The van der Waals surface area contributed by atoms with E-state index in [4.69, 9.17) is 5.10 Å². The van der Waals surface area contributed by atoms with Crippen molar-refractivity contribution in [3.05, 3.63) is 42.7 Å². The van der Waals surface area contributed by atoms with Gasteiger partial charge in [-0.3, -0.25) is 4.90 Å². The Kier molecular flexibility index (Phi) is 3.90. The Labute approximate surface area is 141 Å². The Morgan fingerprint density at radius 1 is 1.21 bits per heavy atom. The van der Waals surface area contributed by atoms with Crippen LogP contribution in [0.2, 0.25) is 0 Å². The van der Waals surface area contributed by atoms with E-state index in [1.54, 1.807) is 0 Å². The van der Waals surface area contributed by atoms with Crippen LogP contribution in [0, 0.1) is 6.92 Å². The van der Waals surface area contributed by atoms with E-state index in [0.29, 0.717) is 6.04 Å². The second kappa shape index (κ2) is 6.20. The zero-order valence-electron chi connectivity index (χ0n) is 13.9. The summed E-state index contributed by atoms with van der Waals surface area (Å²) in [5, 5.41) is 19.0. The predicted octanol–water partition coefficient (Wildman–Crippen LogP) is 2.65. The molecule has 1 N–H and O–H groups in total. The lowest BCUT2D eigenvalue weighted by Crippen LogP contribution is -2.39. The average Bonchev–Trinajstić information content (AvgIpc) is 2.98.